The van der Waals surface area contributed by atoms with Crippen LogP contribution in [0.3, 0.4) is 0 Å². The molecule has 1 aromatic carbocycles. The van der Waals surface area contributed by atoms with Gasteiger partial charge in [0.05, 0.1) is 4.90 Å². The highest BCUT2D eigenvalue weighted by Gasteiger charge is 2.21. The van der Waals surface area contributed by atoms with E-state index in [1.165, 1.54) is 0 Å². The topological polar surface area (TPSA) is 72.2 Å². The van der Waals surface area contributed by atoms with Crippen molar-refractivity contribution in [2.45, 2.75) is 45.4 Å². The van der Waals surface area contributed by atoms with E-state index in [0.29, 0.717) is 18.0 Å². The highest BCUT2D eigenvalue weighted by atomic mass is 32.2. The Morgan fingerprint density at radius 3 is 2.05 bits per heavy atom. The molecule has 0 spiro atoms. The van der Waals surface area contributed by atoms with Gasteiger partial charge in [-0.3, -0.25) is 0 Å². The third-order valence-corrected chi connectivity index (χ3v) is 5.22. The fourth-order valence-electron chi connectivity index (χ4n) is 2.13. The molecule has 1 aromatic rings. The second-order valence-electron chi connectivity index (χ2n) is 4.98. The van der Waals surface area contributed by atoms with Gasteiger partial charge in [-0.1, -0.05) is 6.07 Å². The summed E-state index contributed by atoms with van der Waals surface area (Å²) in [6.45, 7) is 8.62. The molecule has 3 N–H and O–H groups in total. The van der Waals surface area contributed by atoms with Crippen molar-refractivity contribution in [3.63, 3.8) is 0 Å². The number of aryl methyl sites for hydroxylation is 2. The van der Waals surface area contributed by atoms with Crippen molar-refractivity contribution in [1.29, 1.82) is 0 Å². The number of benzene rings is 1. The van der Waals surface area contributed by atoms with Crippen molar-refractivity contribution in [3.05, 3.63) is 28.3 Å². The van der Waals surface area contributed by atoms with Gasteiger partial charge < -0.3 is 5.73 Å². The third kappa shape index (κ3) is 3.78. The number of nitrogens with two attached hydrogens (primary N) is 1. The summed E-state index contributed by atoms with van der Waals surface area (Å²) in [5.74, 6) is 0. The molecule has 0 bridgehead atoms. The summed E-state index contributed by atoms with van der Waals surface area (Å²) in [7, 11) is -3.44. The van der Waals surface area contributed by atoms with Crippen molar-refractivity contribution < 1.29 is 8.42 Å². The second kappa shape index (κ2) is 6.50. The smallest absolute Gasteiger partial charge is 0.241 e. The molecule has 108 valence electrons. The predicted molar refractivity (Wildman–Crippen MR) is 78.9 cm³/mol. The first-order chi connectivity index (χ1) is 8.81. The molecule has 0 saturated heterocycles. The number of rotatable bonds is 6. The van der Waals surface area contributed by atoms with Gasteiger partial charge in [0, 0.05) is 6.54 Å². The van der Waals surface area contributed by atoms with Gasteiger partial charge in [-0.05, 0) is 69.3 Å². The number of sulfonamides is 1. The zero-order valence-corrected chi connectivity index (χ0v) is 13.0. The lowest BCUT2D eigenvalue weighted by Crippen LogP contribution is -2.27. The van der Waals surface area contributed by atoms with Crippen LogP contribution < -0.4 is 10.5 Å². The van der Waals surface area contributed by atoms with E-state index in [1.807, 2.05) is 33.8 Å². The van der Waals surface area contributed by atoms with E-state index in [0.717, 1.165) is 35.1 Å². The molecular formula is C14H24N2O2S. The minimum absolute atomic E-state index is 0.428. The zero-order chi connectivity index (χ0) is 14.6. The van der Waals surface area contributed by atoms with Gasteiger partial charge >= 0.3 is 0 Å². The van der Waals surface area contributed by atoms with E-state index >= 15 is 0 Å². The largest absolute Gasteiger partial charge is 0.330 e. The van der Waals surface area contributed by atoms with Crippen LogP contribution in [0.5, 0.6) is 0 Å². The summed E-state index contributed by atoms with van der Waals surface area (Å²) in [6.07, 6.45) is 1.59. The molecule has 1 rings (SSSR count). The summed E-state index contributed by atoms with van der Waals surface area (Å²) >= 11 is 0. The fraction of sp³-hybridized carbons (Fsp3) is 0.571. The first-order valence-corrected chi connectivity index (χ1v) is 8.06. The van der Waals surface area contributed by atoms with Crippen LogP contribution in [-0.4, -0.2) is 21.5 Å². The van der Waals surface area contributed by atoms with Crippen molar-refractivity contribution in [2.75, 3.05) is 13.1 Å². The first kappa shape index (κ1) is 16.1. The number of unbranched alkanes of at least 4 members (excludes halogenated alkanes) is 1. The number of nitrogens with one attached hydrogen (secondary N) is 1. The van der Waals surface area contributed by atoms with E-state index in [4.69, 9.17) is 5.73 Å². The van der Waals surface area contributed by atoms with Crippen LogP contribution in [0.25, 0.3) is 0 Å². The van der Waals surface area contributed by atoms with Gasteiger partial charge in [0.1, 0.15) is 0 Å². The third-order valence-electron chi connectivity index (χ3n) is 3.49. The van der Waals surface area contributed by atoms with Gasteiger partial charge in [-0.25, -0.2) is 13.1 Å². The van der Waals surface area contributed by atoms with Crippen LogP contribution in [0.2, 0.25) is 0 Å². The monoisotopic (exact) mass is 284 g/mol. The average molecular weight is 284 g/mol. The highest BCUT2D eigenvalue weighted by molar-refractivity contribution is 7.89. The molecule has 0 heterocycles. The Morgan fingerprint density at radius 2 is 1.58 bits per heavy atom. The molecule has 0 saturated carbocycles. The summed E-state index contributed by atoms with van der Waals surface area (Å²) in [6, 6.07) is 2.03. The molecule has 0 aromatic heterocycles. The van der Waals surface area contributed by atoms with Gasteiger partial charge in [0.25, 0.3) is 0 Å². The molecule has 4 nitrogen and oxygen atoms in total. The molecule has 0 aliphatic carbocycles. The maximum atomic E-state index is 12.4. The Hall–Kier alpha value is -0.910. The van der Waals surface area contributed by atoms with E-state index in [-0.39, 0.29) is 0 Å². The summed E-state index contributed by atoms with van der Waals surface area (Å²) < 4.78 is 27.5. The molecule has 0 amide bonds. The lowest BCUT2D eigenvalue weighted by Gasteiger charge is -2.16. The molecular weight excluding hydrogens is 260 g/mol. The van der Waals surface area contributed by atoms with Crippen LogP contribution in [0.1, 0.15) is 35.1 Å². The number of hydrogen-bond donors (Lipinski definition) is 2. The Morgan fingerprint density at radius 1 is 1.05 bits per heavy atom. The molecule has 0 unspecified atom stereocenters. The molecule has 0 atom stereocenters. The van der Waals surface area contributed by atoms with Crippen molar-refractivity contribution >= 4 is 10.0 Å². The van der Waals surface area contributed by atoms with Gasteiger partial charge in [0.2, 0.25) is 10.0 Å². The minimum atomic E-state index is -3.44. The Labute approximate surface area is 116 Å². The maximum absolute atomic E-state index is 12.4. The van der Waals surface area contributed by atoms with Gasteiger partial charge in [0.15, 0.2) is 0 Å². The van der Waals surface area contributed by atoms with E-state index in [9.17, 15) is 8.42 Å². The molecule has 0 fully saturated rings. The molecule has 0 radical (unpaired) electrons. The summed E-state index contributed by atoms with van der Waals surface area (Å²) in [5, 5.41) is 0. The first-order valence-electron chi connectivity index (χ1n) is 6.58. The molecule has 19 heavy (non-hydrogen) atoms. The zero-order valence-electron chi connectivity index (χ0n) is 12.2. The molecule has 0 aliphatic heterocycles. The lowest BCUT2D eigenvalue weighted by atomic mass is 10.0. The van der Waals surface area contributed by atoms with Crippen LogP contribution in [0, 0.1) is 27.7 Å². The van der Waals surface area contributed by atoms with Crippen LogP contribution in [0.4, 0.5) is 0 Å². The normalized spacial score (nSPS) is 11.8. The highest BCUT2D eigenvalue weighted by Crippen LogP contribution is 2.25. The second-order valence-corrected chi connectivity index (χ2v) is 6.69. The quantitative estimate of drug-likeness (QED) is 0.784. The van der Waals surface area contributed by atoms with Crippen molar-refractivity contribution in [1.82, 2.24) is 4.72 Å². The van der Waals surface area contributed by atoms with Crippen molar-refractivity contribution in [3.8, 4) is 0 Å². The predicted octanol–water partition coefficient (Wildman–Crippen LogP) is 1.94. The maximum Gasteiger partial charge on any atom is 0.241 e. The Bertz CT molecular complexity index is 525. The van der Waals surface area contributed by atoms with Crippen LogP contribution in [-0.2, 0) is 10.0 Å². The molecule has 0 aliphatic rings. The Kier molecular flexibility index (Phi) is 5.52. The SMILES string of the molecule is Cc1cc(C)c(C)c(S(=O)(=O)NCCCCN)c1C. The summed E-state index contributed by atoms with van der Waals surface area (Å²) in [5.41, 5.74) is 9.07. The average Bonchev–Trinajstić information content (AvgIpc) is 2.32. The van der Waals surface area contributed by atoms with E-state index in [2.05, 4.69) is 4.72 Å². The van der Waals surface area contributed by atoms with Gasteiger partial charge in [-0.2, -0.15) is 0 Å². The van der Waals surface area contributed by atoms with E-state index in [1.54, 1.807) is 0 Å². The van der Waals surface area contributed by atoms with E-state index < -0.39 is 10.0 Å². The summed E-state index contributed by atoms with van der Waals surface area (Å²) in [4.78, 5) is 0.428. The fourth-order valence-corrected chi connectivity index (χ4v) is 3.82. The van der Waals surface area contributed by atoms with Crippen LogP contribution >= 0.6 is 0 Å². The standard InChI is InChI=1S/C14H24N2O2S/c1-10-9-11(2)13(4)14(12(10)3)19(17,18)16-8-6-5-7-15/h9,16H,5-8,15H2,1-4H3. The van der Waals surface area contributed by atoms with Gasteiger partial charge in [-0.15, -0.1) is 0 Å². The van der Waals surface area contributed by atoms with Crippen LogP contribution in [0.15, 0.2) is 11.0 Å². The minimum Gasteiger partial charge on any atom is -0.330 e. The van der Waals surface area contributed by atoms with Crippen molar-refractivity contribution in [2.24, 2.45) is 5.73 Å². The Balaban J connectivity index is 3.08. The number of hydrogen-bond acceptors (Lipinski definition) is 3. The molecule has 5 heteroatoms. The lowest BCUT2D eigenvalue weighted by molar-refractivity contribution is 0.575.